The molecule has 0 bridgehead atoms. The summed E-state index contributed by atoms with van der Waals surface area (Å²) in [6.07, 6.45) is -0.260. The number of para-hydroxylation sites is 2. The fraction of sp³-hybridized carbons (Fsp3) is 0.333. The lowest BCUT2D eigenvalue weighted by atomic mass is 10.0. The Morgan fingerprint density at radius 3 is 2.46 bits per heavy atom. The van der Waals surface area contributed by atoms with Gasteiger partial charge in [0.25, 0.3) is 5.91 Å². The zero-order valence-corrected chi connectivity index (χ0v) is 16.1. The van der Waals surface area contributed by atoms with Gasteiger partial charge in [0.05, 0.1) is 6.54 Å². The summed E-state index contributed by atoms with van der Waals surface area (Å²) in [6.45, 7) is 3.90. The number of hydrogen-bond acceptors (Lipinski definition) is 5. The second-order valence-corrected chi connectivity index (χ2v) is 6.80. The van der Waals surface area contributed by atoms with Crippen molar-refractivity contribution in [2.45, 2.75) is 20.0 Å². The van der Waals surface area contributed by atoms with Crippen molar-refractivity contribution in [3.8, 4) is 17.2 Å². The van der Waals surface area contributed by atoms with E-state index in [4.69, 9.17) is 19.3 Å². The maximum Gasteiger partial charge on any atom is 0.341 e. The Bertz CT molecular complexity index is 871. The number of nitrogens with zero attached hydrogens (tertiary/aromatic N) is 1. The highest BCUT2D eigenvalue weighted by Crippen LogP contribution is 2.31. The van der Waals surface area contributed by atoms with Crippen molar-refractivity contribution in [1.29, 1.82) is 0 Å². The molecule has 0 aromatic heterocycles. The van der Waals surface area contributed by atoms with Gasteiger partial charge in [0.15, 0.2) is 24.2 Å². The molecule has 1 aliphatic rings. The minimum Gasteiger partial charge on any atom is -0.486 e. The van der Waals surface area contributed by atoms with Crippen molar-refractivity contribution in [3.05, 3.63) is 53.1 Å². The highest BCUT2D eigenvalue weighted by molar-refractivity contribution is 5.94. The number of ether oxygens (including phenoxy) is 3. The number of carbonyl (C=O) groups is 2. The van der Waals surface area contributed by atoms with Crippen LogP contribution in [0.1, 0.15) is 21.5 Å². The molecule has 2 aromatic carbocycles. The molecule has 0 radical (unpaired) electrons. The SMILES string of the molecule is Cc1cc(C(=O)N(C)CC2COc3ccccc3O2)cc(C)c1OCC(=O)O. The molecule has 0 aliphatic carbocycles. The Kier molecular flexibility index (Phi) is 5.73. The summed E-state index contributed by atoms with van der Waals surface area (Å²) in [4.78, 5) is 25.1. The van der Waals surface area contributed by atoms with Crippen molar-refractivity contribution in [2.75, 3.05) is 26.8 Å². The number of carbonyl (C=O) groups excluding carboxylic acids is 1. The van der Waals surface area contributed by atoms with Crippen LogP contribution in [0.15, 0.2) is 36.4 Å². The lowest BCUT2D eigenvalue weighted by Crippen LogP contribution is -2.41. The summed E-state index contributed by atoms with van der Waals surface area (Å²) in [6, 6.07) is 10.9. The smallest absolute Gasteiger partial charge is 0.341 e. The number of likely N-dealkylation sites (N-methyl/N-ethyl adjacent to an activating group) is 1. The Morgan fingerprint density at radius 1 is 1.18 bits per heavy atom. The largest absolute Gasteiger partial charge is 0.486 e. The average Bonchev–Trinajstić information content (AvgIpc) is 2.66. The molecular weight excluding hydrogens is 362 g/mol. The first-order valence-corrected chi connectivity index (χ1v) is 8.95. The molecule has 7 nitrogen and oxygen atoms in total. The van der Waals surface area contributed by atoms with E-state index in [1.807, 2.05) is 24.3 Å². The summed E-state index contributed by atoms with van der Waals surface area (Å²) in [5.41, 5.74) is 1.94. The van der Waals surface area contributed by atoms with Gasteiger partial charge in [0.2, 0.25) is 0 Å². The highest BCUT2D eigenvalue weighted by Gasteiger charge is 2.24. The van der Waals surface area contributed by atoms with Gasteiger partial charge in [0.1, 0.15) is 12.4 Å². The van der Waals surface area contributed by atoms with E-state index in [1.165, 1.54) is 0 Å². The predicted octanol–water partition coefficient (Wildman–Crippen LogP) is 2.68. The molecule has 2 aromatic rings. The first-order chi connectivity index (χ1) is 13.3. The van der Waals surface area contributed by atoms with Gasteiger partial charge < -0.3 is 24.2 Å². The molecule has 1 N–H and O–H groups in total. The highest BCUT2D eigenvalue weighted by atomic mass is 16.6. The molecule has 1 aliphatic heterocycles. The molecule has 1 unspecified atom stereocenters. The normalized spacial score (nSPS) is 15.0. The maximum atomic E-state index is 12.8. The second-order valence-electron chi connectivity index (χ2n) is 6.80. The molecule has 148 valence electrons. The number of aliphatic carboxylic acids is 1. The van der Waals surface area contributed by atoms with E-state index in [9.17, 15) is 9.59 Å². The fourth-order valence-corrected chi connectivity index (χ4v) is 3.20. The molecule has 1 heterocycles. The van der Waals surface area contributed by atoms with Gasteiger partial charge in [-0.15, -0.1) is 0 Å². The first-order valence-electron chi connectivity index (χ1n) is 8.95. The number of amides is 1. The van der Waals surface area contributed by atoms with Crippen molar-refractivity contribution in [3.63, 3.8) is 0 Å². The van der Waals surface area contributed by atoms with Gasteiger partial charge in [-0.2, -0.15) is 0 Å². The van der Waals surface area contributed by atoms with Gasteiger partial charge in [-0.1, -0.05) is 12.1 Å². The number of benzene rings is 2. The van der Waals surface area contributed by atoms with Crippen molar-refractivity contribution in [1.82, 2.24) is 4.90 Å². The van der Waals surface area contributed by atoms with Gasteiger partial charge in [0, 0.05) is 12.6 Å². The maximum absolute atomic E-state index is 12.8. The Hall–Kier alpha value is -3.22. The summed E-state index contributed by atoms with van der Waals surface area (Å²) in [5.74, 6) is 0.665. The third-order valence-corrected chi connectivity index (χ3v) is 4.44. The van der Waals surface area contributed by atoms with Crippen LogP contribution in [-0.2, 0) is 4.79 Å². The van der Waals surface area contributed by atoms with Crippen LogP contribution in [0.5, 0.6) is 17.2 Å². The quantitative estimate of drug-likeness (QED) is 0.823. The third-order valence-electron chi connectivity index (χ3n) is 4.44. The average molecular weight is 385 g/mol. The van der Waals surface area contributed by atoms with Crippen LogP contribution in [0.3, 0.4) is 0 Å². The first kappa shape index (κ1) is 19.5. The van der Waals surface area contributed by atoms with Crippen molar-refractivity contribution < 1.29 is 28.9 Å². The summed E-state index contributed by atoms with van der Waals surface area (Å²) < 4.78 is 16.9. The van der Waals surface area contributed by atoms with Crippen LogP contribution < -0.4 is 14.2 Å². The number of carboxylic acids is 1. The summed E-state index contributed by atoms with van der Waals surface area (Å²) in [5, 5.41) is 8.78. The van der Waals surface area contributed by atoms with Gasteiger partial charge in [-0.3, -0.25) is 4.79 Å². The van der Waals surface area contributed by atoms with E-state index in [-0.39, 0.29) is 12.0 Å². The standard InChI is InChI=1S/C21H23NO6/c1-13-8-15(9-14(2)20(13)27-12-19(23)24)21(25)22(3)10-16-11-26-17-6-4-5-7-18(17)28-16/h4-9,16H,10-12H2,1-3H3,(H,23,24). The van der Waals surface area contributed by atoms with E-state index in [2.05, 4.69) is 0 Å². The van der Waals surface area contributed by atoms with E-state index in [0.29, 0.717) is 47.1 Å². The Morgan fingerprint density at radius 2 is 1.82 bits per heavy atom. The zero-order valence-electron chi connectivity index (χ0n) is 16.1. The molecule has 0 fully saturated rings. The molecule has 7 heteroatoms. The number of rotatable bonds is 6. The number of aryl methyl sites for hydroxylation is 2. The van der Waals surface area contributed by atoms with E-state index >= 15 is 0 Å². The Labute approximate surface area is 163 Å². The third kappa shape index (κ3) is 4.36. The number of hydrogen-bond donors (Lipinski definition) is 1. The molecule has 0 saturated carbocycles. The summed E-state index contributed by atoms with van der Waals surface area (Å²) >= 11 is 0. The molecular formula is C21H23NO6. The number of fused-ring (bicyclic) bond motifs is 1. The summed E-state index contributed by atoms with van der Waals surface area (Å²) in [7, 11) is 1.71. The zero-order chi connectivity index (χ0) is 20.3. The molecule has 28 heavy (non-hydrogen) atoms. The van der Waals surface area contributed by atoms with E-state index < -0.39 is 12.6 Å². The van der Waals surface area contributed by atoms with Gasteiger partial charge in [-0.05, 0) is 49.2 Å². The second kappa shape index (κ2) is 8.21. The van der Waals surface area contributed by atoms with Gasteiger partial charge >= 0.3 is 5.97 Å². The van der Waals surface area contributed by atoms with Crippen LogP contribution in [0.25, 0.3) is 0 Å². The minimum atomic E-state index is -1.05. The van der Waals surface area contributed by atoms with Crippen LogP contribution in [0.4, 0.5) is 0 Å². The van der Waals surface area contributed by atoms with E-state index in [0.717, 1.165) is 0 Å². The van der Waals surface area contributed by atoms with Crippen molar-refractivity contribution >= 4 is 11.9 Å². The molecule has 0 spiro atoms. The van der Waals surface area contributed by atoms with Crippen LogP contribution >= 0.6 is 0 Å². The molecule has 3 rings (SSSR count). The lowest BCUT2D eigenvalue weighted by Gasteiger charge is -2.29. The fourth-order valence-electron chi connectivity index (χ4n) is 3.20. The monoisotopic (exact) mass is 385 g/mol. The van der Waals surface area contributed by atoms with Crippen LogP contribution in [0, 0.1) is 13.8 Å². The van der Waals surface area contributed by atoms with Crippen LogP contribution in [0.2, 0.25) is 0 Å². The predicted molar refractivity (Wildman–Crippen MR) is 102 cm³/mol. The molecule has 0 saturated heterocycles. The van der Waals surface area contributed by atoms with E-state index in [1.54, 1.807) is 37.9 Å². The van der Waals surface area contributed by atoms with Crippen LogP contribution in [-0.4, -0.2) is 54.8 Å². The molecule has 1 atom stereocenters. The minimum absolute atomic E-state index is 0.154. The lowest BCUT2D eigenvalue weighted by molar-refractivity contribution is -0.139. The van der Waals surface area contributed by atoms with Gasteiger partial charge in [-0.25, -0.2) is 4.79 Å². The Balaban J connectivity index is 1.67. The number of carboxylic acid groups (broad SMARTS) is 1. The van der Waals surface area contributed by atoms with Crippen molar-refractivity contribution in [2.24, 2.45) is 0 Å². The molecule has 1 amide bonds. The topological polar surface area (TPSA) is 85.3 Å².